The Hall–Kier alpha value is -2.50. The van der Waals surface area contributed by atoms with Gasteiger partial charge >= 0.3 is 5.97 Å². The molecule has 0 aliphatic carbocycles. The van der Waals surface area contributed by atoms with E-state index in [1.165, 1.54) is 12.1 Å². The van der Waals surface area contributed by atoms with E-state index in [2.05, 4.69) is 0 Å². The molecular formula is C14H10F3NO2. The monoisotopic (exact) mass is 281 g/mol. The Labute approximate surface area is 112 Å². The predicted octanol–water partition coefficient (Wildman–Crippen LogP) is 3.04. The van der Waals surface area contributed by atoms with Gasteiger partial charge in [0.15, 0.2) is 0 Å². The quantitative estimate of drug-likeness (QED) is 0.695. The van der Waals surface area contributed by atoms with Crippen molar-refractivity contribution in [1.29, 1.82) is 0 Å². The first kappa shape index (κ1) is 13.9. The third-order valence-corrected chi connectivity index (χ3v) is 2.57. The number of hydrogen-bond acceptors (Lipinski definition) is 3. The van der Waals surface area contributed by atoms with Crippen molar-refractivity contribution in [3.05, 3.63) is 65.0 Å². The van der Waals surface area contributed by atoms with Crippen molar-refractivity contribution < 1.29 is 22.7 Å². The average Bonchev–Trinajstić information content (AvgIpc) is 2.36. The fourth-order valence-electron chi connectivity index (χ4n) is 1.62. The molecular weight excluding hydrogens is 271 g/mol. The Kier molecular flexibility index (Phi) is 3.93. The molecule has 0 saturated carbocycles. The van der Waals surface area contributed by atoms with Crippen LogP contribution in [0.4, 0.5) is 18.9 Å². The normalized spacial score (nSPS) is 10.3. The highest BCUT2D eigenvalue weighted by Crippen LogP contribution is 2.16. The second-order valence-corrected chi connectivity index (χ2v) is 4.05. The lowest BCUT2D eigenvalue weighted by Gasteiger charge is -2.07. The van der Waals surface area contributed by atoms with Crippen LogP contribution in [0.3, 0.4) is 0 Å². The van der Waals surface area contributed by atoms with Gasteiger partial charge in [0.05, 0.1) is 11.1 Å². The van der Waals surface area contributed by atoms with E-state index in [0.29, 0.717) is 0 Å². The van der Waals surface area contributed by atoms with Gasteiger partial charge in [-0.2, -0.15) is 0 Å². The maximum Gasteiger partial charge on any atom is 0.338 e. The van der Waals surface area contributed by atoms with E-state index in [9.17, 15) is 18.0 Å². The minimum Gasteiger partial charge on any atom is -0.457 e. The number of rotatable bonds is 3. The van der Waals surface area contributed by atoms with Gasteiger partial charge < -0.3 is 10.5 Å². The topological polar surface area (TPSA) is 52.3 Å². The lowest BCUT2D eigenvalue weighted by Crippen LogP contribution is -2.08. The number of esters is 1. The molecule has 0 heterocycles. The largest absolute Gasteiger partial charge is 0.457 e. The molecule has 20 heavy (non-hydrogen) atoms. The number of anilines is 1. The number of ether oxygens (including phenoxy) is 1. The SMILES string of the molecule is Nc1cc(F)cc(C(=O)OCc2c(F)cccc2F)c1. The predicted molar refractivity (Wildman–Crippen MR) is 66.3 cm³/mol. The summed E-state index contributed by atoms with van der Waals surface area (Å²) < 4.78 is 44.5. The minimum absolute atomic E-state index is 0.0500. The van der Waals surface area contributed by atoms with Crippen molar-refractivity contribution in [2.75, 3.05) is 5.73 Å². The van der Waals surface area contributed by atoms with Gasteiger partial charge in [0.1, 0.15) is 24.1 Å². The van der Waals surface area contributed by atoms with Crippen LogP contribution >= 0.6 is 0 Å². The standard InChI is InChI=1S/C14H10F3NO2/c15-9-4-8(5-10(18)6-9)14(19)20-7-11-12(16)2-1-3-13(11)17/h1-6H,7,18H2. The fourth-order valence-corrected chi connectivity index (χ4v) is 1.62. The van der Waals surface area contributed by atoms with Crippen molar-refractivity contribution in [2.24, 2.45) is 0 Å². The zero-order valence-corrected chi connectivity index (χ0v) is 10.2. The molecule has 0 aliphatic heterocycles. The highest BCUT2D eigenvalue weighted by atomic mass is 19.1. The molecule has 0 aromatic heterocycles. The Morgan fingerprint density at radius 1 is 1.10 bits per heavy atom. The smallest absolute Gasteiger partial charge is 0.338 e. The molecule has 0 saturated heterocycles. The summed E-state index contributed by atoms with van der Waals surface area (Å²) in [6.45, 7) is -0.590. The second kappa shape index (κ2) is 5.64. The number of carbonyl (C=O) groups excluding carboxylic acids is 1. The molecule has 2 N–H and O–H groups in total. The minimum atomic E-state index is -0.918. The van der Waals surface area contributed by atoms with Crippen molar-refractivity contribution in [3.8, 4) is 0 Å². The van der Waals surface area contributed by atoms with Gasteiger partial charge in [0.2, 0.25) is 0 Å². The first-order valence-corrected chi connectivity index (χ1v) is 5.63. The van der Waals surface area contributed by atoms with Crippen LogP contribution in [-0.4, -0.2) is 5.97 Å². The number of carbonyl (C=O) groups is 1. The van der Waals surface area contributed by atoms with Crippen molar-refractivity contribution in [2.45, 2.75) is 6.61 Å². The number of nitrogens with two attached hydrogens (primary N) is 1. The number of benzene rings is 2. The maximum atomic E-state index is 13.3. The van der Waals surface area contributed by atoms with Gasteiger partial charge in [0, 0.05) is 5.69 Å². The van der Waals surface area contributed by atoms with E-state index >= 15 is 0 Å². The van der Waals surface area contributed by atoms with Gasteiger partial charge in [-0.15, -0.1) is 0 Å². The molecule has 6 heteroatoms. The summed E-state index contributed by atoms with van der Waals surface area (Å²) in [5, 5.41) is 0. The highest BCUT2D eigenvalue weighted by molar-refractivity contribution is 5.90. The summed E-state index contributed by atoms with van der Waals surface area (Å²) >= 11 is 0. The summed E-state index contributed by atoms with van der Waals surface area (Å²) in [5.74, 6) is -3.26. The van der Waals surface area contributed by atoms with Crippen LogP contribution in [0.25, 0.3) is 0 Å². The average molecular weight is 281 g/mol. The molecule has 104 valence electrons. The van der Waals surface area contributed by atoms with Crippen LogP contribution in [0.15, 0.2) is 36.4 Å². The molecule has 2 rings (SSSR count). The van der Waals surface area contributed by atoms with E-state index < -0.39 is 30.0 Å². The van der Waals surface area contributed by atoms with E-state index in [0.717, 1.165) is 24.3 Å². The molecule has 2 aromatic rings. The van der Waals surface area contributed by atoms with E-state index in [4.69, 9.17) is 10.5 Å². The van der Waals surface area contributed by atoms with Crippen LogP contribution in [0, 0.1) is 17.5 Å². The van der Waals surface area contributed by atoms with Crippen LogP contribution < -0.4 is 5.73 Å². The summed E-state index contributed by atoms with van der Waals surface area (Å²) in [6.07, 6.45) is 0. The number of hydrogen-bond donors (Lipinski definition) is 1. The van der Waals surface area contributed by atoms with Crippen LogP contribution in [0.5, 0.6) is 0 Å². The first-order valence-electron chi connectivity index (χ1n) is 5.63. The molecule has 0 bridgehead atoms. The molecule has 0 atom stereocenters. The van der Waals surface area contributed by atoms with Crippen molar-refractivity contribution in [3.63, 3.8) is 0 Å². The molecule has 0 fully saturated rings. The third-order valence-electron chi connectivity index (χ3n) is 2.57. The molecule has 0 spiro atoms. The van der Waals surface area contributed by atoms with Gasteiger partial charge in [-0.05, 0) is 30.3 Å². The fraction of sp³-hybridized carbons (Fsp3) is 0.0714. The van der Waals surface area contributed by atoms with Crippen LogP contribution in [0.1, 0.15) is 15.9 Å². The summed E-state index contributed by atoms with van der Waals surface area (Å²) in [6, 6.07) is 6.47. The van der Waals surface area contributed by atoms with Crippen molar-refractivity contribution >= 4 is 11.7 Å². The Balaban J connectivity index is 2.13. The van der Waals surface area contributed by atoms with Gasteiger partial charge in [-0.3, -0.25) is 0 Å². The maximum absolute atomic E-state index is 13.3. The van der Waals surface area contributed by atoms with E-state index in [1.54, 1.807) is 0 Å². The Bertz CT molecular complexity index is 618. The number of nitrogen functional groups attached to an aromatic ring is 1. The van der Waals surface area contributed by atoms with Gasteiger partial charge in [-0.25, -0.2) is 18.0 Å². The van der Waals surface area contributed by atoms with E-state index in [-0.39, 0.29) is 16.8 Å². The molecule has 0 aliphatic rings. The summed E-state index contributed by atoms with van der Waals surface area (Å²) in [4.78, 5) is 11.7. The summed E-state index contributed by atoms with van der Waals surface area (Å²) in [7, 11) is 0. The summed E-state index contributed by atoms with van der Waals surface area (Å²) in [5.41, 5.74) is 4.94. The molecule has 2 aromatic carbocycles. The van der Waals surface area contributed by atoms with E-state index in [1.807, 2.05) is 0 Å². The molecule has 0 unspecified atom stereocenters. The van der Waals surface area contributed by atoms with Crippen LogP contribution in [-0.2, 0) is 11.3 Å². The Morgan fingerprint density at radius 3 is 2.35 bits per heavy atom. The highest BCUT2D eigenvalue weighted by Gasteiger charge is 2.13. The lowest BCUT2D eigenvalue weighted by molar-refractivity contribution is 0.0464. The zero-order valence-electron chi connectivity index (χ0n) is 10.2. The number of halogens is 3. The van der Waals surface area contributed by atoms with Gasteiger partial charge in [-0.1, -0.05) is 6.07 Å². The van der Waals surface area contributed by atoms with Gasteiger partial charge in [0.25, 0.3) is 0 Å². The second-order valence-electron chi connectivity index (χ2n) is 4.05. The lowest BCUT2D eigenvalue weighted by atomic mass is 10.2. The van der Waals surface area contributed by atoms with Crippen LogP contribution in [0.2, 0.25) is 0 Å². The third kappa shape index (κ3) is 3.09. The molecule has 0 radical (unpaired) electrons. The van der Waals surface area contributed by atoms with Crippen molar-refractivity contribution in [1.82, 2.24) is 0 Å². The molecule has 0 amide bonds. The first-order chi connectivity index (χ1) is 9.47. The Morgan fingerprint density at radius 2 is 1.75 bits per heavy atom. The zero-order chi connectivity index (χ0) is 14.7. The molecule has 3 nitrogen and oxygen atoms in total.